The molecule has 0 fully saturated rings. The lowest BCUT2D eigenvalue weighted by Crippen LogP contribution is -2.36. The van der Waals surface area contributed by atoms with Crippen LogP contribution in [0.2, 0.25) is 0 Å². The number of imidazole rings is 1. The van der Waals surface area contributed by atoms with E-state index in [4.69, 9.17) is 4.74 Å². The largest absolute Gasteiger partial charge is 0.444 e. The van der Waals surface area contributed by atoms with Crippen molar-refractivity contribution in [2.24, 2.45) is 0 Å². The van der Waals surface area contributed by atoms with Crippen LogP contribution < -0.4 is 5.32 Å². The van der Waals surface area contributed by atoms with Crippen LogP contribution in [-0.2, 0) is 4.74 Å². The van der Waals surface area contributed by atoms with Gasteiger partial charge in [-0.25, -0.2) is 14.8 Å². The minimum atomic E-state index is -0.695. The van der Waals surface area contributed by atoms with Crippen LogP contribution in [0.3, 0.4) is 0 Å². The van der Waals surface area contributed by atoms with Crippen molar-refractivity contribution in [3.05, 3.63) is 72.2 Å². The number of nitrogens with one attached hydrogen (secondary N) is 1. The zero-order valence-electron chi connectivity index (χ0n) is 16.5. The molecule has 1 atom stereocenters. The van der Waals surface area contributed by atoms with Gasteiger partial charge in [0.25, 0.3) is 0 Å². The maximum atomic E-state index is 12.6. The third-order valence-corrected chi connectivity index (χ3v) is 4.52. The third kappa shape index (κ3) is 3.59. The highest BCUT2D eigenvalue weighted by molar-refractivity contribution is 5.94. The van der Waals surface area contributed by atoms with E-state index in [1.54, 1.807) is 26.8 Å². The normalized spacial score (nSPS) is 12.8. The smallest absolute Gasteiger partial charge is 0.408 e. The Kier molecular flexibility index (Phi) is 4.58. The summed E-state index contributed by atoms with van der Waals surface area (Å²) in [7, 11) is 0. The molecular formula is C22H22N4O3. The summed E-state index contributed by atoms with van der Waals surface area (Å²) in [4.78, 5) is 21.4. The van der Waals surface area contributed by atoms with Crippen LogP contribution >= 0.6 is 0 Å². The summed E-state index contributed by atoms with van der Waals surface area (Å²) in [6.45, 7) is 5.40. The molecule has 2 aromatic carbocycles. The molecule has 1 unspecified atom stereocenters. The minimum absolute atomic E-state index is 0.410. The number of hydrogen-bond acceptors (Lipinski definition) is 5. The first-order chi connectivity index (χ1) is 13.8. The predicted octanol–water partition coefficient (Wildman–Crippen LogP) is 4.39. The van der Waals surface area contributed by atoms with E-state index >= 15 is 0 Å². The number of hydrogen-bond donors (Lipinski definition) is 2. The summed E-state index contributed by atoms with van der Waals surface area (Å²) < 4.78 is 6.53. The van der Waals surface area contributed by atoms with Gasteiger partial charge in [0.2, 0.25) is 0 Å². The molecule has 7 nitrogen and oxygen atoms in total. The summed E-state index contributed by atoms with van der Waals surface area (Å²) in [5, 5.41) is 14.8. The Labute approximate surface area is 168 Å². The number of amides is 1. The molecule has 7 heteroatoms. The molecule has 0 spiro atoms. The second-order valence-electron chi connectivity index (χ2n) is 7.78. The molecule has 1 amide bonds. The van der Waals surface area contributed by atoms with Gasteiger partial charge in [0, 0.05) is 5.39 Å². The van der Waals surface area contributed by atoms with E-state index in [0.717, 1.165) is 15.7 Å². The molecule has 0 radical (unpaired) electrons. The summed E-state index contributed by atoms with van der Waals surface area (Å²) >= 11 is 0. The van der Waals surface area contributed by atoms with E-state index < -0.39 is 17.7 Å². The highest BCUT2D eigenvalue weighted by Crippen LogP contribution is 2.36. The zero-order valence-corrected chi connectivity index (χ0v) is 16.5. The molecule has 2 aliphatic rings. The fourth-order valence-electron chi connectivity index (χ4n) is 3.38. The van der Waals surface area contributed by atoms with Crippen molar-refractivity contribution in [2.75, 3.05) is 0 Å². The quantitative estimate of drug-likeness (QED) is 0.507. The molecule has 0 aromatic heterocycles. The third-order valence-electron chi connectivity index (χ3n) is 4.52. The van der Waals surface area contributed by atoms with Gasteiger partial charge in [0.1, 0.15) is 35.1 Å². The number of ether oxygens (including phenoxy) is 1. The molecule has 4 rings (SSSR count). The number of fused-ring (bicyclic) bond motifs is 3. The predicted molar refractivity (Wildman–Crippen MR) is 109 cm³/mol. The fraction of sp³-hybridized carbons (Fsp3) is 0.227. The van der Waals surface area contributed by atoms with Crippen LogP contribution in [0.1, 0.15) is 38.1 Å². The summed E-state index contributed by atoms with van der Waals surface area (Å²) in [5.41, 5.74) is 2.28. The second kappa shape index (κ2) is 7.09. The van der Waals surface area contributed by atoms with Crippen molar-refractivity contribution < 1.29 is 14.7 Å². The van der Waals surface area contributed by atoms with Gasteiger partial charge < -0.3 is 15.3 Å². The Balaban J connectivity index is 1.91. The molecule has 148 valence electrons. The number of nitrogens with zero attached hydrogens (tertiary/aromatic N) is 3. The topological polar surface area (TPSA) is 89.3 Å². The first-order valence-corrected chi connectivity index (χ1v) is 9.33. The Hall–Kier alpha value is -3.61. The first kappa shape index (κ1) is 18.7. The monoisotopic (exact) mass is 390 g/mol. The van der Waals surface area contributed by atoms with Crippen molar-refractivity contribution in [3.63, 3.8) is 0 Å². The number of carbonyl (C=O) groups excluding carboxylic acids is 1. The van der Waals surface area contributed by atoms with Gasteiger partial charge in [-0.1, -0.05) is 48.5 Å². The van der Waals surface area contributed by atoms with Crippen LogP contribution in [0.25, 0.3) is 22.3 Å². The molecule has 2 aliphatic heterocycles. The number of pyridine rings is 1. The van der Waals surface area contributed by atoms with Crippen molar-refractivity contribution in [2.45, 2.75) is 32.4 Å². The van der Waals surface area contributed by atoms with E-state index in [0.29, 0.717) is 22.6 Å². The molecular weight excluding hydrogens is 368 g/mol. The van der Waals surface area contributed by atoms with Crippen molar-refractivity contribution >= 4 is 17.0 Å². The number of rotatable bonds is 3. The second-order valence-corrected chi connectivity index (χ2v) is 7.78. The molecule has 0 saturated carbocycles. The Morgan fingerprint density at radius 3 is 2.41 bits per heavy atom. The van der Waals surface area contributed by atoms with E-state index in [1.165, 1.54) is 6.33 Å². The van der Waals surface area contributed by atoms with Crippen LogP contribution in [-0.4, -0.2) is 31.6 Å². The molecule has 2 aromatic rings. The van der Waals surface area contributed by atoms with Gasteiger partial charge in [-0.3, -0.25) is 0 Å². The van der Waals surface area contributed by atoms with Crippen LogP contribution in [0.4, 0.5) is 4.79 Å². The Morgan fingerprint density at radius 2 is 1.69 bits per heavy atom. The van der Waals surface area contributed by atoms with Gasteiger partial charge in [-0.15, -0.1) is 0 Å². The van der Waals surface area contributed by atoms with E-state index in [1.807, 2.05) is 48.5 Å². The SMILES string of the molecule is CC(C)(C)OC(=O)NC(c1ccccc1)c1c2ncnc-2c2ccccc2n1O. The average Bonchev–Trinajstić information content (AvgIpc) is 3.16. The highest BCUT2D eigenvalue weighted by Gasteiger charge is 2.30. The van der Waals surface area contributed by atoms with E-state index in [2.05, 4.69) is 15.3 Å². The van der Waals surface area contributed by atoms with Crippen molar-refractivity contribution in [3.8, 4) is 11.4 Å². The number of para-hydroxylation sites is 1. The van der Waals surface area contributed by atoms with E-state index in [9.17, 15) is 10.0 Å². The average molecular weight is 390 g/mol. The van der Waals surface area contributed by atoms with Gasteiger partial charge in [-0.2, -0.15) is 4.73 Å². The van der Waals surface area contributed by atoms with Crippen LogP contribution in [0.15, 0.2) is 60.9 Å². The molecule has 0 aliphatic carbocycles. The van der Waals surface area contributed by atoms with Crippen LogP contribution in [0.5, 0.6) is 0 Å². The molecule has 29 heavy (non-hydrogen) atoms. The Bertz CT molecular complexity index is 1130. The lowest BCUT2D eigenvalue weighted by molar-refractivity contribution is 0.0506. The molecule has 2 heterocycles. The number of alkyl carbamates (subject to hydrolysis) is 1. The number of carbonyl (C=O) groups is 1. The van der Waals surface area contributed by atoms with Gasteiger partial charge >= 0.3 is 6.09 Å². The molecule has 2 N–H and O–H groups in total. The Morgan fingerprint density at radius 1 is 1.03 bits per heavy atom. The minimum Gasteiger partial charge on any atom is -0.444 e. The standard InChI is InChI=1S/C22H22N4O3/c1-22(2,3)29-21(27)25-17(14-9-5-4-6-10-14)20-19-18(23-13-24-19)15-11-7-8-12-16(15)26(20)28/h4-13,17,28H,1-3H3,(H,25,27). The first-order valence-electron chi connectivity index (χ1n) is 9.33. The van der Waals surface area contributed by atoms with Gasteiger partial charge in [0.05, 0.1) is 5.52 Å². The summed E-state index contributed by atoms with van der Waals surface area (Å²) in [5.74, 6) is 0. The lowest BCUT2D eigenvalue weighted by Gasteiger charge is -2.26. The van der Waals surface area contributed by atoms with Crippen molar-refractivity contribution in [1.82, 2.24) is 20.0 Å². The molecule has 0 bridgehead atoms. The maximum absolute atomic E-state index is 12.6. The lowest BCUT2D eigenvalue weighted by atomic mass is 9.98. The van der Waals surface area contributed by atoms with E-state index in [-0.39, 0.29) is 0 Å². The van der Waals surface area contributed by atoms with Gasteiger partial charge in [0.15, 0.2) is 0 Å². The zero-order chi connectivity index (χ0) is 20.6. The highest BCUT2D eigenvalue weighted by atomic mass is 16.6. The van der Waals surface area contributed by atoms with Crippen LogP contribution in [0, 0.1) is 0 Å². The fourth-order valence-corrected chi connectivity index (χ4v) is 3.38. The van der Waals surface area contributed by atoms with Gasteiger partial charge in [-0.05, 0) is 32.4 Å². The maximum Gasteiger partial charge on any atom is 0.408 e. The summed E-state index contributed by atoms with van der Waals surface area (Å²) in [6, 6.07) is 16.1. The summed E-state index contributed by atoms with van der Waals surface area (Å²) in [6.07, 6.45) is 0.864. The van der Waals surface area contributed by atoms with Crippen molar-refractivity contribution in [1.29, 1.82) is 0 Å². The number of benzene rings is 2. The number of aromatic nitrogens is 3. The molecule has 0 saturated heterocycles.